The van der Waals surface area contributed by atoms with E-state index < -0.39 is 5.92 Å². The summed E-state index contributed by atoms with van der Waals surface area (Å²) >= 11 is 0. The second kappa shape index (κ2) is 17.0. The summed E-state index contributed by atoms with van der Waals surface area (Å²) in [5.74, 6) is -0.696. The first-order valence-corrected chi connectivity index (χ1v) is 15.1. The minimum Gasteiger partial charge on any atom is -0.463 e. The van der Waals surface area contributed by atoms with Crippen molar-refractivity contribution in [3.63, 3.8) is 0 Å². The molecule has 220 valence electrons. The van der Waals surface area contributed by atoms with Crippen LogP contribution in [-0.4, -0.2) is 53.1 Å². The van der Waals surface area contributed by atoms with Crippen LogP contribution in [0.4, 0.5) is 0 Å². The lowest BCUT2D eigenvalue weighted by atomic mass is 9.84. The number of hydrogen-bond acceptors (Lipinski definition) is 5. The van der Waals surface area contributed by atoms with Gasteiger partial charge in [-0.1, -0.05) is 68.5 Å². The van der Waals surface area contributed by atoms with Crippen molar-refractivity contribution in [2.75, 3.05) is 13.2 Å². The third-order valence-electron chi connectivity index (χ3n) is 8.30. The van der Waals surface area contributed by atoms with Crippen LogP contribution < -0.4 is 5.32 Å². The first kappa shape index (κ1) is 31.6. The van der Waals surface area contributed by atoms with Crippen molar-refractivity contribution in [3.05, 3.63) is 60.7 Å². The largest absolute Gasteiger partial charge is 0.463 e. The molecule has 3 atom stereocenters. The third-order valence-corrected chi connectivity index (χ3v) is 8.30. The predicted molar refractivity (Wildman–Crippen MR) is 157 cm³/mol. The molecule has 0 radical (unpaired) electrons. The van der Waals surface area contributed by atoms with E-state index in [0.717, 1.165) is 49.7 Å². The zero-order valence-corrected chi connectivity index (χ0v) is 24.0. The van der Waals surface area contributed by atoms with E-state index >= 15 is 0 Å². The molecule has 1 aliphatic heterocycles. The highest BCUT2D eigenvalue weighted by molar-refractivity contribution is 5.86. The molecule has 0 spiro atoms. The van der Waals surface area contributed by atoms with Crippen molar-refractivity contribution in [1.29, 1.82) is 0 Å². The maximum Gasteiger partial charge on any atom is 0.305 e. The lowest BCUT2D eigenvalue weighted by Crippen LogP contribution is -2.48. The summed E-state index contributed by atoms with van der Waals surface area (Å²) in [5, 5.41) is 13.1. The molecule has 2 amide bonds. The molecular formula is C33H48N2O5. The number of unbranched alkanes of at least 4 members (excludes halogenated alkanes) is 2. The number of nitrogens with zero attached hydrogens (tertiary/aromatic N) is 1. The van der Waals surface area contributed by atoms with Gasteiger partial charge in [-0.2, -0.15) is 0 Å². The maximum absolute atomic E-state index is 13.5. The summed E-state index contributed by atoms with van der Waals surface area (Å²) in [6, 6.07) is 7.37. The molecule has 0 aromatic heterocycles. The van der Waals surface area contributed by atoms with Crippen LogP contribution in [0.15, 0.2) is 49.6 Å². The van der Waals surface area contributed by atoms with Gasteiger partial charge in [-0.15, -0.1) is 13.2 Å². The minimum atomic E-state index is -0.579. The first-order valence-electron chi connectivity index (χ1n) is 15.1. The van der Waals surface area contributed by atoms with Gasteiger partial charge >= 0.3 is 5.97 Å². The molecule has 7 nitrogen and oxygen atoms in total. The highest BCUT2D eigenvalue weighted by Gasteiger charge is 2.32. The Morgan fingerprint density at radius 1 is 1.07 bits per heavy atom. The number of benzene rings is 1. The SMILES string of the molecule is C=CCCCCC(=O)OC[C@H](CC1CCCCC1)NC(=O)[C@H](CC=C)CC(=O)N1Cc2ccccc2C[C@H]1CO. The number of hydrogen-bond donors (Lipinski definition) is 2. The highest BCUT2D eigenvalue weighted by atomic mass is 16.5. The zero-order chi connectivity index (χ0) is 28.7. The van der Waals surface area contributed by atoms with Gasteiger partial charge in [0.15, 0.2) is 0 Å². The number of aliphatic hydroxyl groups is 1. The van der Waals surface area contributed by atoms with Gasteiger partial charge in [-0.25, -0.2) is 0 Å². The Morgan fingerprint density at radius 3 is 2.52 bits per heavy atom. The number of esters is 1. The Labute approximate surface area is 240 Å². The molecule has 1 heterocycles. The highest BCUT2D eigenvalue weighted by Crippen LogP contribution is 2.28. The Hall–Kier alpha value is -2.93. The number of carbonyl (C=O) groups is 3. The quantitative estimate of drug-likeness (QED) is 0.166. The van der Waals surface area contributed by atoms with Gasteiger partial charge < -0.3 is 20.1 Å². The second-order valence-corrected chi connectivity index (χ2v) is 11.4. The van der Waals surface area contributed by atoms with Crippen molar-refractivity contribution in [1.82, 2.24) is 10.2 Å². The van der Waals surface area contributed by atoms with Crippen LogP contribution in [0.25, 0.3) is 0 Å². The number of fused-ring (bicyclic) bond motifs is 1. The molecule has 0 unspecified atom stereocenters. The summed E-state index contributed by atoms with van der Waals surface area (Å²) in [5.41, 5.74) is 2.22. The van der Waals surface area contributed by atoms with Gasteiger partial charge in [0.05, 0.1) is 24.6 Å². The fourth-order valence-corrected chi connectivity index (χ4v) is 5.99. The monoisotopic (exact) mass is 552 g/mol. The van der Waals surface area contributed by atoms with Gasteiger partial charge in [0.2, 0.25) is 11.8 Å². The molecule has 1 saturated carbocycles. The molecule has 3 rings (SSSR count). The van der Waals surface area contributed by atoms with Crippen LogP contribution in [0, 0.1) is 11.8 Å². The van der Waals surface area contributed by atoms with Crippen molar-refractivity contribution in [3.8, 4) is 0 Å². The number of rotatable bonds is 16. The third kappa shape index (κ3) is 9.92. The lowest BCUT2D eigenvalue weighted by molar-refractivity contribution is -0.145. The summed E-state index contributed by atoms with van der Waals surface area (Å²) in [7, 11) is 0. The fourth-order valence-electron chi connectivity index (χ4n) is 5.99. The normalized spacial score (nSPS) is 18.7. The van der Waals surface area contributed by atoms with Crippen molar-refractivity contribution >= 4 is 17.8 Å². The molecule has 1 aliphatic carbocycles. The van der Waals surface area contributed by atoms with E-state index in [-0.39, 0.29) is 49.5 Å². The molecule has 1 aromatic rings. The molecule has 2 aliphatic rings. The molecule has 2 N–H and O–H groups in total. The summed E-state index contributed by atoms with van der Waals surface area (Å²) < 4.78 is 5.60. The molecular weight excluding hydrogens is 504 g/mol. The van der Waals surface area contributed by atoms with Crippen LogP contribution in [0.2, 0.25) is 0 Å². The van der Waals surface area contributed by atoms with Gasteiger partial charge in [-0.05, 0) is 55.6 Å². The standard InChI is InChI=1S/C33H48N2O5/c1-3-5-6-10-18-32(38)40-24-29(19-25-14-8-7-9-15-25)34-33(39)27(13-4-2)21-31(37)35-22-28-17-12-11-16-26(28)20-30(35)23-36/h3-4,11-12,16-17,25,27,29-30,36H,1-2,5-10,13-15,18-24H2,(H,34,39)/t27-,29+,30+/m1/s1. The molecule has 0 bridgehead atoms. The van der Waals surface area contributed by atoms with Gasteiger partial charge in [-0.3, -0.25) is 14.4 Å². The van der Waals surface area contributed by atoms with Crippen molar-refractivity contribution < 1.29 is 24.2 Å². The van der Waals surface area contributed by atoms with Crippen LogP contribution in [0.5, 0.6) is 0 Å². The van der Waals surface area contributed by atoms with Crippen LogP contribution in [0.1, 0.15) is 88.2 Å². The first-order chi connectivity index (χ1) is 19.4. The van der Waals surface area contributed by atoms with Gasteiger partial charge in [0.25, 0.3) is 0 Å². The summed E-state index contributed by atoms with van der Waals surface area (Å²) in [6.45, 7) is 7.98. The Bertz CT molecular complexity index is 987. The molecule has 1 aromatic carbocycles. The number of ether oxygens (including phenoxy) is 1. The number of carbonyl (C=O) groups excluding carboxylic acids is 3. The molecule has 40 heavy (non-hydrogen) atoms. The van der Waals surface area contributed by atoms with E-state index in [0.29, 0.717) is 31.7 Å². The molecule has 1 fully saturated rings. The number of nitrogens with one attached hydrogen (secondary N) is 1. The van der Waals surface area contributed by atoms with Gasteiger partial charge in [0.1, 0.15) is 6.61 Å². The van der Waals surface area contributed by atoms with E-state index in [1.165, 1.54) is 19.3 Å². The smallest absolute Gasteiger partial charge is 0.305 e. The van der Waals surface area contributed by atoms with Crippen LogP contribution in [-0.2, 0) is 32.1 Å². The van der Waals surface area contributed by atoms with E-state index in [9.17, 15) is 19.5 Å². The van der Waals surface area contributed by atoms with E-state index in [1.807, 2.05) is 30.3 Å². The Kier molecular flexibility index (Phi) is 13.4. The van der Waals surface area contributed by atoms with E-state index in [2.05, 4.69) is 18.5 Å². The van der Waals surface area contributed by atoms with E-state index in [1.54, 1.807) is 11.0 Å². The molecule has 7 heteroatoms. The topological polar surface area (TPSA) is 95.9 Å². The average molecular weight is 553 g/mol. The predicted octanol–water partition coefficient (Wildman–Crippen LogP) is 5.26. The minimum absolute atomic E-state index is 0.0375. The summed E-state index contributed by atoms with van der Waals surface area (Å²) in [4.78, 5) is 41.0. The van der Waals surface area contributed by atoms with Crippen molar-refractivity contribution in [2.24, 2.45) is 11.8 Å². The molecule has 0 saturated heterocycles. The lowest BCUT2D eigenvalue weighted by Gasteiger charge is -2.36. The Balaban J connectivity index is 1.62. The Morgan fingerprint density at radius 2 is 1.82 bits per heavy atom. The number of allylic oxidation sites excluding steroid dienone is 2. The number of amides is 2. The van der Waals surface area contributed by atoms with Crippen molar-refractivity contribution in [2.45, 2.75) is 102 Å². The average Bonchev–Trinajstić information content (AvgIpc) is 2.97. The zero-order valence-electron chi connectivity index (χ0n) is 24.0. The second-order valence-electron chi connectivity index (χ2n) is 11.4. The van der Waals surface area contributed by atoms with Crippen LogP contribution in [0.3, 0.4) is 0 Å². The summed E-state index contributed by atoms with van der Waals surface area (Å²) in [6.07, 6.45) is 14.0. The van der Waals surface area contributed by atoms with E-state index in [4.69, 9.17) is 4.74 Å². The fraction of sp³-hybridized carbons (Fsp3) is 0.606. The van der Waals surface area contributed by atoms with Crippen LogP contribution >= 0.6 is 0 Å². The number of aliphatic hydroxyl groups excluding tert-OH is 1. The van der Waals surface area contributed by atoms with Gasteiger partial charge in [0, 0.05) is 19.4 Å². The maximum atomic E-state index is 13.5.